The van der Waals surface area contributed by atoms with Gasteiger partial charge in [0, 0.05) is 5.39 Å². The molecule has 4 heteroatoms. The van der Waals surface area contributed by atoms with Crippen LogP contribution in [0.15, 0.2) is 72.8 Å². The maximum atomic E-state index is 13.5. The highest BCUT2D eigenvalue weighted by atomic mass is 19.1. The fourth-order valence-corrected chi connectivity index (χ4v) is 4.79. The van der Waals surface area contributed by atoms with Crippen LogP contribution in [0, 0.1) is 5.82 Å². The van der Waals surface area contributed by atoms with Crippen LogP contribution in [0.25, 0.3) is 22.6 Å². The number of hydrogen-bond acceptors (Lipinski definition) is 3. The van der Waals surface area contributed by atoms with E-state index in [1.54, 1.807) is 12.1 Å². The lowest BCUT2D eigenvalue weighted by atomic mass is 9.86. The van der Waals surface area contributed by atoms with Crippen molar-refractivity contribution in [3.63, 3.8) is 0 Å². The first-order valence-corrected chi connectivity index (χ1v) is 12.4. The van der Waals surface area contributed by atoms with Crippen molar-refractivity contribution >= 4 is 28.5 Å². The summed E-state index contributed by atoms with van der Waals surface area (Å²) in [5.41, 5.74) is 7.39. The van der Waals surface area contributed by atoms with Crippen LogP contribution in [-0.4, -0.2) is 11.0 Å². The molecule has 0 aliphatic heterocycles. The van der Waals surface area contributed by atoms with Crippen LogP contribution in [0.5, 0.6) is 0 Å². The molecule has 5 rings (SSSR count). The maximum absolute atomic E-state index is 13.5. The Labute approximate surface area is 211 Å². The van der Waals surface area contributed by atoms with E-state index in [0.717, 1.165) is 58.1 Å². The lowest BCUT2D eigenvalue weighted by molar-refractivity contribution is 0.0473. The highest BCUT2D eigenvalue weighted by Gasteiger charge is 2.26. The topological polar surface area (TPSA) is 39.2 Å². The largest absolute Gasteiger partial charge is 0.457 e. The van der Waals surface area contributed by atoms with Gasteiger partial charge in [-0.05, 0) is 76.8 Å². The van der Waals surface area contributed by atoms with Crippen molar-refractivity contribution in [2.75, 3.05) is 0 Å². The van der Waals surface area contributed by atoms with E-state index < -0.39 is 0 Å². The van der Waals surface area contributed by atoms with E-state index in [9.17, 15) is 9.18 Å². The van der Waals surface area contributed by atoms with Crippen molar-refractivity contribution in [2.24, 2.45) is 0 Å². The molecule has 0 saturated carbocycles. The van der Waals surface area contributed by atoms with Gasteiger partial charge in [0.15, 0.2) is 0 Å². The molecule has 0 radical (unpaired) electrons. The van der Waals surface area contributed by atoms with Crippen LogP contribution in [0.3, 0.4) is 0 Å². The molecule has 1 aliphatic rings. The summed E-state index contributed by atoms with van der Waals surface area (Å²) in [6.07, 6.45) is 4.57. The zero-order valence-corrected chi connectivity index (χ0v) is 21.0. The zero-order valence-electron chi connectivity index (χ0n) is 21.0. The zero-order chi connectivity index (χ0) is 25.3. The summed E-state index contributed by atoms with van der Waals surface area (Å²) in [5, 5.41) is 0.812. The molecule has 0 amide bonds. The van der Waals surface area contributed by atoms with Gasteiger partial charge in [-0.15, -0.1) is 0 Å². The smallest absolute Gasteiger partial charge is 0.339 e. The molecule has 0 unspecified atom stereocenters. The Morgan fingerprint density at radius 2 is 1.69 bits per heavy atom. The minimum Gasteiger partial charge on any atom is -0.457 e. The number of benzene rings is 3. The van der Waals surface area contributed by atoms with Crippen LogP contribution in [-0.2, 0) is 23.2 Å². The first-order valence-electron chi connectivity index (χ1n) is 12.4. The number of carbonyl (C=O) groups excluding carboxylic acids is 1. The second-order valence-corrected chi connectivity index (χ2v) is 10.4. The number of ether oxygens (including phenoxy) is 1. The average molecular weight is 480 g/mol. The predicted molar refractivity (Wildman–Crippen MR) is 143 cm³/mol. The lowest BCUT2D eigenvalue weighted by Gasteiger charge is -2.22. The van der Waals surface area contributed by atoms with E-state index in [1.165, 1.54) is 17.7 Å². The number of allylic oxidation sites excluding steroid dienone is 1. The average Bonchev–Trinajstić information content (AvgIpc) is 2.87. The number of aromatic nitrogens is 1. The molecule has 0 saturated heterocycles. The number of fused-ring (bicyclic) bond motifs is 2. The maximum Gasteiger partial charge on any atom is 0.339 e. The first-order chi connectivity index (χ1) is 17.3. The molecule has 3 nitrogen and oxygen atoms in total. The fourth-order valence-electron chi connectivity index (χ4n) is 4.79. The fraction of sp³-hybridized carbons (Fsp3) is 0.250. The Balaban J connectivity index is 1.50. The summed E-state index contributed by atoms with van der Waals surface area (Å²) in [5.74, 6) is -0.587. The third kappa shape index (κ3) is 4.94. The summed E-state index contributed by atoms with van der Waals surface area (Å²) >= 11 is 0. The molecular weight excluding hydrogens is 449 g/mol. The van der Waals surface area contributed by atoms with Crippen LogP contribution in [0.4, 0.5) is 4.39 Å². The van der Waals surface area contributed by atoms with Crippen LogP contribution in [0.2, 0.25) is 0 Å². The van der Waals surface area contributed by atoms with Gasteiger partial charge in [0.2, 0.25) is 0 Å². The highest BCUT2D eigenvalue weighted by molar-refractivity contribution is 6.06. The van der Waals surface area contributed by atoms with Gasteiger partial charge < -0.3 is 4.74 Å². The Morgan fingerprint density at radius 3 is 2.42 bits per heavy atom. The van der Waals surface area contributed by atoms with Crippen molar-refractivity contribution in [1.82, 2.24) is 4.98 Å². The van der Waals surface area contributed by atoms with Crippen molar-refractivity contribution in [3.8, 4) is 0 Å². The molecule has 0 atom stereocenters. The van der Waals surface area contributed by atoms with E-state index in [1.807, 2.05) is 42.5 Å². The second kappa shape index (κ2) is 9.69. The normalized spacial score (nSPS) is 14.6. The number of para-hydroxylation sites is 1. The van der Waals surface area contributed by atoms with E-state index in [-0.39, 0.29) is 23.8 Å². The number of carbonyl (C=O) groups is 1. The van der Waals surface area contributed by atoms with Gasteiger partial charge in [-0.1, -0.05) is 75.4 Å². The number of nitrogens with zero attached hydrogens (tertiary/aromatic N) is 1. The van der Waals surface area contributed by atoms with Crippen molar-refractivity contribution in [1.29, 1.82) is 0 Å². The number of esters is 1. The van der Waals surface area contributed by atoms with E-state index >= 15 is 0 Å². The summed E-state index contributed by atoms with van der Waals surface area (Å²) in [7, 11) is 0. The molecule has 3 aromatic carbocycles. The van der Waals surface area contributed by atoms with Crippen LogP contribution < -0.4 is 0 Å². The van der Waals surface area contributed by atoms with Crippen LogP contribution in [0.1, 0.15) is 71.9 Å². The van der Waals surface area contributed by atoms with Gasteiger partial charge in [0.05, 0.1) is 16.8 Å². The van der Waals surface area contributed by atoms with E-state index in [0.29, 0.717) is 5.56 Å². The van der Waals surface area contributed by atoms with Gasteiger partial charge in [0.1, 0.15) is 12.4 Å². The molecule has 0 N–H and O–H groups in total. The first kappa shape index (κ1) is 23.9. The quantitative estimate of drug-likeness (QED) is 0.279. The van der Waals surface area contributed by atoms with Crippen LogP contribution >= 0.6 is 0 Å². The van der Waals surface area contributed by atoms with Gasteiger partial charge >= 0.3 is 5.97 Å². The van der Waals surface area contributed by atoms with E-state index in [2.05, 4.69) is 32.9 Å². The minimum absolute atomic E-state index is 0.0728. The predicted octanol–water partition coefficient (Wildman–Crippen LogP) is 7.91. The Kier molecular flexibility index (Phi) is 6.44. The monoisotopic (exact) mass is 479 g/mol. The molecule has 0 bridgehead atoms. The molecule has 1 aliphatic carbocycles. The second-order valence-electron chi connectivity index (χ2n) is 10.4. The lowest BCUT2D eigenvalue weighted by Crippen LogP contribution is -2.15. The van der Waals surface area contributed by atoms with Crippen molar-refractivity contribution < 1.29 is 13.9 Å². The summed E-state index contributed by atoms with van der Waals surface area (Å²) in [4.78, 5) is 18.5. The molecule has 4 aromatic rings. The number of hydrogen-bond donors (Lipinski definition) is 0. The number of halogens is 1. The highest BCUT2D eigenvalue weighted by Crippen LogP contribution is 2.36. The Bertz CT molecular complexity index is 1450. The summed E-state index contributed by atoms with van der Waals surface area (Å²) < 4.78 is 19.3. The Hall–Kier alpha value is -3.79. The number of rotatable bonds is 4. The molecular formula is C32H30FNO2. The Morgan fingerprint density at radius 1 is 0.972 bits per heavy atom. The molecule has 182 valence electrons. The van der Waals surface area contributed by atoms with Gasteiger partial charge in [0.25, 0.3) is 0 Å². The SMILES string of the molecule is CC(C)(C)c1ccc(COC(=O)c2c3c(nc4ccccc24)C(=Cc2ccc(F)cc2)CCC3)cc1. The number of pyridine rings is 1. The molecule has 0 fully saturated rings. The third-order valence-corrected chi connectivity index (χ3v) is 6.78. The van der Waals surface area contributed by atoms with Crippen molar-refractivity contribution in [3.05, 3.63) is 112 Å². The van der Waals surface area contributed by atoms with Gasteiger partial charge in [-0.3, -0.25) is 0 Å². The van der Waals surface area contributed by atoms with Gasteiger partial charge in [-0.25, -0.2) is 14.2 Å². The molecule has 1 aromatic heterocycles. The standard InChI is InChI=1S/C32H30FNO2/c1-32(2,3)24-15-11-22(12-16-24)20-36-31(35)29-26-8-4-5-10-28(26)34-30-23(7-6-9-27(29)30)19-21-13-17-25(33)18-14-21/h4-5,8,10-19H,6-7,9,20H2,1-3H3. The molecule has 36 heavy (non-hydrogen) atoms. The van der Waals surface area contributed by atoms with E-state index in [4.69, 9.17) is 9.72 Å². The minimum atomic E-state index is -0.326. The van der Waals surface area contributed by atoms with Gasteiger partial charge in [-0.2, -0.15) is 0 Å². The van der Waals surface area contributed by atoms with Crippen molar-refractivity contribution in [2.45, 2.75) is 52.1 Å². The summed E-state index contributed by atoms with van der Waals surface area (Å²) in [6.45, 7) is 6.75. The summed E-state index contributed by atoms with van der Waals surface area (Å²) in [6, 6.07) is 22.4. The molecule has 0 spiro atoms. The third-order valence-electron chi connectivity index (χ3n) is 6.78. The molecule has 1 heterocycles.